The van der Waals surface area contributed by atoms with Crippen molar-refractivity contribution in [2.75, 3.05) is 5.73 Å². The molecule has 35 heavy (non-hydrogen) atoms. The number of aryl methyl sites for hydroxylation is 1. The summed E-state index contributed by atoms with van der Waals surface area (Å²) in [4.78, 5) is 4.68. The molecular weight excluding hydrogens is 461 g/mol. The van der Waals surface area contributed by atoms with Gasteiger partial charge in [-0.3, -0.25) is 0 Å². The van der Waals surface area contributed by atoms with Crippen LogP contribution in [0.25, 0.3) is 0 Å². The molecule has 4 rings (SSSR count). The van der Waals surface area contributed by atoms with E-state index in [0.717, 1.165) is 22.2 Å². The highest BCUT2D eigenvalue weighted by molar-refractivity contribution is 6.71. The van der Waals surface area contributed by atoms with E-state index < -0.39 is 36.6 Å². The van der Waals surface area contributed by atoms with Gasteiger partial charge in [-0.2, -0.15) is 0 Å². The summed E-state index contributed by atoms with van der Waals surface area (Å²) in [6.45, 7) is 18.3. The maximum atomic E-state index is 6.69. The van der Waals surface area contributed by atoms with Crippen LogP contribution in [-0.2, 0) is 18.6 Å². The molecule has 2 heterocycles. The quantitative estimate of drug-likeness (QED) is 0.383. The lowest BCUT2D eigenvalue weighted by molar-refractivity contribution is 0.00578. The molecule has 0 unspecified atom stereocenters. The maximum Gasteiger partial charge on any atom is 0.494 e. The molecule has 0 atom stereocenters. The van der Waals surface area contributed by atoms with Crippen molar-refractivity contribution >= 4 is 53.3 Å². The fourth-order valence-electron chi connectivity index (χ4n) is 3.97. The van der Waals surface area contributed by atoms with Gasteiger partial charge in [0.1, 0.15) is 5.17 Å². The Kier molecular flexibility index (Phi) is 6.47. The molecule has 0 spiro atoms. The summed E-state index contributed by atoms with van der Waals surface area (Å²) in [7, 11) is -0.941. The van der Waals surface area contributed by atoms with E-state index in [4.69, 9.17) is 36.0 Å². The molecule has 2 aliphatic heterocycles. The molecule has 6 nitrogen and oxygen atoms in total. The van der Waals surface area contributed by atoms with E-state index in [-0.39, 0.29) is 0 Å². The fraction of sp³-hybridized carbons (Fsp3) is 0.500. The first-order valence-electron chi connectivity index (χ1n) is 12.0. The molecule has 0 aliphatic carbocycles. The van der Waals surface area contributed by atoms with Crippen LogP contribution < -0.4 is 16.7 Å². The molecule has 2 saturated heterocycles. The Morgan fingerprint density at radius 2 is 1.17 bits per heavy atom. The third kappa shape index (κ3) is 4.79. The molecule has 186 valence electrons. The zero-order chi connectivity index (χ0) is 26.0. The predicted molar refractivity (Wildman–Crippen MR) is 146 cm³/mol. The molecule has 2 aromatic rings. The van der Waals surface area contributed by atoms with Gasteiger partial charge in [0.2, 0.25) is 0 Å². The normalized spacial score (nSPS) is 22.6. The molecule has 2 N–H and O–H groups in total. The fourth-order valence-corrected chi connectivity index (χ4v) is 4.23. The topological polar surface area (TPSA) is 75.3 Å². The standard InChI is InChI=1S/C26H35B2ClN2O4/c1-16-14-17(27-32-23(2,3)24(4,5)33-27)11-13-21(16)31-22(29)19-15-18(10-12-20(19)30)28-34-25(6,7)26(8,9)35-28/h10-15H,30H2,1-9H3. The molecule has 0 bridgehead atoms. The molecular formula is C26H35B2ClN2O4. The second kappa shape index (κ2) is 8.63. The van der Waals surface area contributed by atoms with Crippen LogP contribution in [0.2, 0.25) is 0 Å². The van der Waals surface area contributed by atoms with Crippen LogP contribution in [0.3, 0.4) is 0 Å². The number of hydrogen-bond donors (Lipinski definition) is 1. The van der Waals surface area contributed by atoms with Gasteiger partial charge in [0.05, 0.1) is 28.1 Å². The van der Waals surface area contributed by atoms with E-state index in [1.165, 1.54) is 0 Å². The van der Waals surface area contributed by atoms with Crippen molar-refractivity contribution in [2.24, 2.45) is 4.99 Å². The predicted octanol–water partition coefficient (Wildman–Crippen LogP) is 4.49. The first kappa shape index (κ1) is 26.2. The summed E-state index contributed by atoms with van der Waals surface area (Å²) >= 11 is 6.69. The lowest BCUT2D eigenvalue weighted by Crippen LogP contribution is -2.41. The molecule has 2 aliphatic rings. The van der Waals surface area contributed by atoms with Crippen LogP contribution in [0.5, 0.6) is 0 Å². The van der Waals surface area contributed by atoms with Crippen molar-refractivity contribution in [1.82, 2.24) is 0 Å². The Morgan fingerprint density at radius 1 is 0.743 bits per heavy atom. The number of halogens is 1. The minimum Gasteiger partial charge on any atom is -0.399 e. The summed E-state index contributed by atoms with van der Waals surface area (Å²) in [5.41, 5.74) is 9.25. The van der Waals surface area contributed by atoms with Crippen molar-refractivity contribution in [2.45, 2.75) is 84.7 Å². The largest absolute Gasteiger partial charge is 0.494 e. The maximum absolute atomic E-state index is 6.69. The van der Waals surface area contributed by atoms with Gasteiger partial charge >= 0.3 is 14.2 Å². The van der Waals surface area contributed by atoms with Crippen molar-refractivity contribution in [3.05, 3.63) is 47.5 Å². The molecule has 9 heteroatoms. The number of benzene rings is 2. The van der Waals surface area contributed by atoms with E-state index in [0.29, 0.717) is 16.4 Å². The average molecular weight is 497 g/mol. The summed E-state index contributed by atoms with van der Waals surface area (Å²) in [6.07, 6.45) is 0. The molecule has 2 aromatic carbocycles. The van der Waals surface area contributed by atoms with Gasteiger partial charge in [-0.1, -0.05) is 35.9 Å². The van der Waals surface area contributed by atoms with Crippen LogP contribution in [0.4, 0.5) is 11.4 Å². The lowest BCUT2D eigenvalue weighted by atomic mass is 9.78. The van der Waals surface area contributed by atoms with Crippen LogP contribution >= 0.6 is 11.6 Å². The Morgan fingerprint density at radius 3 is 1.63 bits per heavy atom. The highest BCUT2D eigenvalue weighted by Crippen LogP contribution is 2.38. The van der Waals surface area contributed by atoms with Crippen LogP contribution in [0.1, 0.15) is 66.5 Å². The monoisotopic (exact) mass is 496 g/mol. The van der Waals surface area contributed by atoms with Gasteiger partial charge in [-0.15, -0.1) is 0 Å². The third-order valence-electron chi connectivity index (χ3n) is 7.79. The van der Waals surface area contributed by atoms with Crippen molar-refractivity contribution in [3.63, 3.8) is 0 Å². The molecule has 0 amide bonds. The van der Waals surface area contributed by atoms with Crippen LogP contribution in [0, 0.1) is 6.92 Å². The van der Waals surface area contributed by atoms with E-state index in [2.05, 4.69) is 4.99 Å². The smallest absolute Gasteiger partial charge is 0.399 e. The Balaban J connectivity index is 1.59. The lowest BCUT2D eigenvalue weighted by Gasteiger charge is -2.32. The molecule has 0 aromatic heterocycles. The first-order valence-corrected chi connectivity index (χ1v) is 12.4. The zero-order valence-electron chi connectivity index (χ0n) is 22.2. The number of aliphatic imine (C=N–C) groups is 1. The van der Waals surface area contributed by atoms with Gasteiger partial charge in [-0.25, -0.2) is 4.99 Å². The second-order valence-electron chi connectivity index (χ2n) is 11.5. The van der Waals surface area contributed by atoms with E-state index in [9.17, 15) is 0 Å². The summed E-state index contributed by atoms with van der Waals surface area (Å²) < 4.78 is 24.7. The van der Waals surface area contributed by atoms with E-state index >= 15 is 0 Å². The average Bonchev–Trinajstić information content (AvgIpc) is 3.09. The highest BCUT2D eigenvalue weighted by atomic mass is 35.5. The Bertz CT molecular complexity index is 1150. The van der Waals surface area contributed by atoms with Gasteiger partial charge < -0.3 is 24.4 Å². The zero-order valence-corrected chi connectivity index (χ0v) is 22.9. The van der Waals surface area contributed by atoms with Crippen molar-refractivity contribution in [3.8, 4) is 0 Å². The van der Waals surface area contributed by atoms with Gasteiger partial charge in [0.25, 0.3) is 0 Å². The minimum atomic E-state index is -0.509. The highest BCUT2D eigenvalue weighted by Gasteiger charge is 2.52. The Hall–Kier alpha value is -1.83. The van der Waals surface area contributed by atoms with E-state index in [1.54, 1.807) is 0 Å². The number of nitrogens with two attached hydrogens (primary N) is 1. The number of anilines is 1. The number of nitrogen functional groups attached to an aromatic ring is 1. The third-order valence-corrected chi connectivity index (χ3v) is 8.08. The van der Waals surface area contributed by atoms with Crippen molar-refractivity contribution < 1.29 is 18.6 Å². The SMILES string of the molecule is Cc1cc(B2OC(C)(C)C(C)(C)O2)ccc1N=C(Cl)c1cc(B2OC(C)(C)C(C)(C)O2)ccc1N. The Labute approximate surface area is 214 Å². The minimum absolute atomic E-state index is 0.298. The van der Waals surface area contributed by atoms with Gasteiger partial charge in [0, 0.05) is 11.3 Å². The van der Waals surface area contributed by atoms with Gasteiger partial charge in [0.15, 0.2) is 0 Å². The summed E-state index contributed by atoms with van der Waals surface area (Å²) in [5, 5.41) is 0.298. The number of rotatable bonds is 4. The van der Waals surface area contributed by atoms with Crippen LogP contribution in [-0.4, -0.2) is 41.8 Å². The van der Waals surface area contributed by atoms with Crippen molar-refractivity contribution in [1.29, 1.82) is 0 Å². The van der Waals surface area contributed by atoms with Gasteiger partial charge in [-0.05, 0) is 90.9 Å². The summed E-state index contributed by atoms with van der Waals surface area (Å²) in [6, 6.07) is 11.5. The van der Waals surface area contributed by atoms with E-state index in [1.807, 2.05) is 98.7 Å². The molecule has 2 fully saturated rings. The number of nitrogens with zero attached hydrogens (tertiary/aromatic N) is 1. The first-order chi connectivity index (χ1) is 16.0. The molecule has 0 radical (unpaired) electrons. The van der Waals surface area contributed by atoms with Crippen LogP contribution in [0.15, 0.2) is 41.4 Å². The summed E-state index contributed by atoms with van der Waals surface area (Å²) in [5.74, 6) is 0. The molecule has 0 saturated carbocycles. The second-order valence-corrected chi connectivity index (χ2v) is 11.8. The number of hydrogen-bond acceptors (Lipinski definition) is 6.